The first kappa shape index (κ1) is 16.4. The minimum absolute atomic E-state index is 0.0564. The van der Waals surface area contributed by atoms with Gasteiger partial charge in [-0.3, -0.25) is 4.79 Å². The van der Waals surface area contributed by atoms with Crippen LogP contribution >= 0.6 is 15.9 Å². The van der Waals surface area contributed by atoms with Gasteiger partial charge < -0.3 is 11.1 Å². The van der Waals surface area contributed by atoms with E-state index in [2.05, 4.69) is 21.2 Å². The van der Waals surface area contributed by atoms with Crippen LogP contribution in [0.15, 0.2) is 21.5 Å². The number of nitrogens with two attached hydrogens (primary N) is 2. The minimum Gasteiger partial charge on any atom is -0.350 e. The van der Waals surface area contributed by atoms with E-state index in [9.17, 15) is 13.2 Å². The highest BCUT2D eigenvalue weighted by atomic mass is 79.9. The molecule has 0 radical (unpaired) electrons. The summed E-state index contributed by atoms with van der Waals surface area (Å²) in [7, 11) is -3.88. The molecule has 1 unspecified atom stereocenters. The number of nitrogens with one attached hydrogen (secondary N) is 1. The maximum absolute atomic E-state index is 12.2. The molecule has 2 rings (SSSR count). The molecule has 1 fully saturated rings. The van der Waals surface area contributed by atoms with Crippen LogP contribution in [0, 0.1) is 12.8 Å². The normalized spacial score (nSPS) is 16.6. The van der Waals surface area contributed by atoms with E-state index in [1.807, 2.05) is 0 Å². The van der Waals surface area contributed by atoms with Gasteiger partial charge >= 0.3 is 0 Å². The second-order valence-electron chi connectivity index (χ2n) is 5.33. The first-order valence-electron chi connectivity index (χ1n) is 6.57. The Kier molecular flexibility index (Phi) is 4.72. The molecule has 1 aromatic carbocycles. The molecule has 6 nitrogen and oxygen atoms in total. The van der Waals surface area contributed by atoms with Crippen molar-refractivity contribution in [2.45, 2.75) is 30.7 Å². The van der Waals surface area contributed by atoms with Crippen molar-refractivity contribution in [1.29, 1.82) is 0 Å². The molecule has 1 aromatic rings. The molecule has 1 aliphatic carbocycles. The third kappa shape index (κ3) is 4.03. The van der Waals surface area contributed by atoms with Crippen molar-refractivity contribution < 1.29 is 13.2 Å². The van der Waals surface area contributed by atoms with Crippen LogP contribution in [0.5, 0.6) is 0 Å². The van der Waals surface area contributed by atoms with E-state index in [0.717, 1.165) is 12.8 Å². The SMILES string of the molecule is Cc1c(C(=O)NCC(N)C2CC2)cc(Br)cc1S(N)(=O)=O. The molecule has 1 amide bonds. The maximum Gasteiger partial charge on any atom is 0.251 e. The highest BCUT2D eigenvalue weighted by Crippen LogP contribution is 2.31. The lowest BCUT2D eigenvalue weighted by molar-refractivity contribution is 0.0949. The third-order valence-corrected chi connectivity index (χ3v) is 5.10. The number of rotatable bonds is 5. The van der Waals surface area contributed by atoms with Gasteiger partial charge in [-0.1, -0.05) is 15.9 Å². The van der Waals surface area contributed by atoms with Crippen LogP contribution in [-0.4, -0.2) is 26.9 Å². The fourth-order valence-corrected chi connectivity index (χ4v) is 3.62. The largest absolute Gasteiger partial charge is 0.350 e. The van der Waals surface area contributed by atoms with Gasteiger partial charge in [-0.25, -0.2) is 13.6 Å². The molecule has 0 aromatic heterocycles. The number of sulfonamides is 1. The lowest BCUT2D eigenvalue weighted by Crippen LogP contribution is -2.38. The molecule has 8 heteroatoms. The molecule has 116 valence electrons. The van der Waals surface area contributed by atoms with Gasteiger partial charge in [0.2, 0.25) is 10.0 Å². The second-order valence-corrected chi connectivity index (χ2v) is 7.78. The number of hydrogen-bond acceptors (Lipinski definition) is 4. The molecular weight excluding hydrogens is 358 g/mol. The number of carbonyl (C=O) groups excluding carboxylic acids is 1. The van der Waals surface area contributed by atoms with Gasteiger partial charge in [-0.05, 0) is 43.4 Å². The first-order valence-corrected chi connectivity index (χ1v) is 8.91. The highest BCUT2D eigenvalue weighted by Gasteiger charge is 2.29. The Morgan fingerprint density at radius 3 is 2.62 bits per heavy atom. The zero-order chi connectivity index (χ0) is 15.8. The maximum atomic E-state index is 12.2. The zero-order valence-corrected chi connectivity index (χ0v) is 14.0. The fraction of sp³-hybridized carbons (Fsp3) is 0.462. The van der Waals surface area contributed by atoms with E-state index in [0.29, 0.717) is 22.5 Å². The Hall–Kier alpha value is -0.960. The van der Waals surface area contributed by atoms with Gasteiger partial charge in [0, 0.05) is 22.6 Å². The highest BCUT2D eigenvalue weighted by molar-refractivity contribution is 9.10. The predicted molar refractivity (Wildman–Crippen MR) is 83.3 cm³/mol. The van der Waals surface area contributed by atoms with Crippen molar-refractivity contribution in [3.8, 4) is 0 Å². The van der Waals surface area contributed by atoms with Crippen molar-refractivity contribution in [3.05, 3.63) is 27.7 Å². The Morgan fingerprint density at radius 2 is 2.10 bits per heavy atom. The Morgan fingerprint density at radius 1 is 1.48 bits per heavy atom. The van der Waals surface area contributed by atoms with Crippen LogP contribution in [0.2, 0.25) is 0 Å². The summed E-state index contributed by atoms with van der Waals surface area (Å²) >= 11 is 3.20. The van der Waals surface area contributed by atoms with E-state index >= 15 is 0 Å². The summed E-state index contributed by atoms with van der Waals surface area (Å²) in [5.74, 6) is 0.128. The predicted octanol–water partition coefficient (Wildman–Crippen LogP) is 0.872. The second kappa shape index (κ2) is 6.04. The Bertz CT molecular complexity index is 671. The average Bonchev–Trinajstić information content (AvgIpc) is 3.20. The van der Waals surface area contributed by atoms with E-state index in [1.54, 1.807) is 13.0 Å². The quantitative estimate of drug-likeness (QED) is 0.707. The van der Waals surface area contributed by atoms with E-state index in [-0.39, 0.29) is 22.4 Å². The van der Waals surface area contributed by atoms with Crippen LogP contribution < -0.4 is 16.2 Å². The van der Waals surface area contributed by atoms with Crippen molar-refractivity contribution in [1.82, 2.24) is 5.32 Å². The molecule has 0 saturated heterocycles. The molecule has 1 saturated carbocycles. The van der Waals surface area contributed by atoms with Crippen molar-refractivity contribution in [3.63, 3.8) is 0 Å². The smallest absolute Gasteiger partial charge is 0.251 e. The van der Waals surface area contributed by atoms with E-state index in [1.165, 1.54) is 6.07 Å². The third-order valence-electron chi connectivity index (χ3n) is 3.60. The van der Waals surface area contributed by atoms with Crippen LogP contribution in [0.25, 0.3) is 0 Å². The van der Waals surface area contributed by atoms with Crippen molar-refractivity contribution in [2.75, 3.05) is 6.54 Å². The standard InChI is InChI=1S/C13H18BrN3O3S/c1-7-10(4-9(14)5-12(7)21(16,19)20)13(18)17-6-11(15)8-2-3-8/h4-5,8,11H,2-3,6,15H2,1H3,(H,17,18)(H2,16,19,20). The summed E-state index contributed by atoms with van der Waals surface area (Å²) in [6.45, 7) is 1.93. The van der Waals surface area contributed by atoms with Crippen molar-refractivity contribution >= 4 is 31.9 Å². The number of carbonyl (C=O) groups is 1. The lowest BCUT2D eigenvalue weighted by Gasteiger charge is -2.14. The van der Waals surface area contributed by atoms with Gasteiger partial charge in [0.25, 0.3) is 5.91 Å². The minimum atomic E-state index is -3.88. The van der Waals surface area contributed by atoms with Gasteiger partial charge in [-0.15, -0.1) is 0 Å². The van der Waals surface area contributed by atoms with E-state index in [4.69, 9.17) is 10.9 Å². The summed E-state index contributed by atoms with van der Waals surface area (Å²) in [4.78, 5) is 12.2. The fourth-order valence-electron chi connectivity index (χ4n) is 2.18. The lowest BCUT2D eigenvalue weighted by atomic mass is 10.1. The molecule has 0 spiro atoms. The average molecular weight is 376 g/mol. The number of hydrogen-bond donors (Lipinski definition) is 3. The Labute approximate surface area is 132 Å². The van der Waals surface area contributed by atoms with Crippen LogP contribution in [-0.2, 0) is 10.0 Å². The zero-order valence-electron chi connectivity index (χ0n) is 11.6. The molecule has 0 bridgehead atoms. The van der Waals surface area contributed by atoms with Gasteiger partial charge in [0.05, 0.1) is 4.90 Å². The van der Waals surface area contributed by atoms with Gasteiger partial charge in [-0.2, -0.15) is 0 Å². The van der Waals surface area contributed by atoms with Crippen molar-refractivity contribution in [2.24, 2.45) is 16.8 Å². The van der Waals surface area contributed by atoms with Crippen LogP contribution in [0.1, 0.15) is 28.8 Å². The number of benzene rings is 1. The number of amides is 1. The molecule has 5 N–H and O–H groups in total. The summed E-state index contributed by atoms with van der Waals surface area (Å²) in [5, 5.41) is 7.91. The van der Waals surface area contributed by atoms with Crippen LogP contribution in [0.3, 0.4) is 0 Å². The van der Waals surface area contributed by atoms with Gasteiger partial charge in [0.1, 0.15) is 0 Å². The molecule has 21 heavy (non-hydrogen) atoms. The molecular formula is C13H18BrN3O3S. The first-order chi connectivity index (χ1) is 9.70. The topological polar surface area (TPSA) is 115 Å². The summed E-state index contributed by atoms with van der Waals surface area (Å²) in [5.41, 5.74) is 6.54. The molecule has 1 aliphatic rings. The van der Waals surface area contributed by atoms with E-state index < -0.39 is 10.0 Å². The summed E-state index contributed by atoms with van der Waals surface area (Å²) in [6, 6.07) is 2.90. The van der Waals surface area contributed by atoms with Gasteiger partial charge in [0.15, 0.2) is 0 Å². The summed E-state index contributed by atoms with van der Waals surface area (Å²) < 4.78 is 23.6. The number of primary sulfonamides is 1. The molecule has 1 atom stereocenters. The Balaban J connectivity index is 2.22. The molecule has 0 heterocycles. The monoisotopic (exact) mass is 375 g/mol. The number of halogens is 1. The van der Waals surface area contributed by atoms with Crippen LogP contribution in [0.4, 0.5) is 0 Å². The molecule has 0 aliphatic heterocycles. The summed E-state index contributed by atoms with van der Waals surface area (Å²) in [6.07, 6.45) is 2.20.